The summed E-state index contributed by atoms with van der Waals surface area (Å²) in [5, 5.41) is 2.89. The summed E-state index contributed by atoms with van der Waals surface area (Å²) in [5.41, 5.74) is 1.49. The highest BCUT2D eigenvalue weighted by Gasteiger charge is 2.09. The van der Waals surface area contributed by atoms with E-state index in [1.807, 2.05) is 43.6 Å². The number of hydrogen-bond donors (Lipinski definition) is 1. The molecular formula is C12H11IN2O. The number of anilines is 1. The normalized spacial score (nSPS) is 10.1. The van der Waals surface area contributed by atoms with Gasteiger partial charge in [0.15, 0.2) is 0 Å². The average molecular weight is 326 g/mol. The predicted molar refractivity (Wildman–Crippen MR) is 72.5 cm³/mol. The van der Waals surface area contributed by atoms with E-state index < -0.39 is 0 Å². The summed E-state index contributed by atoms with van der Waals surface area (Å²) in [7, 11) is 1.85. The summed E-state index contributed by atoms with van der Waals surface area (Å²) in [5.74, 6) is -0.0865. The Morgan fingerprint density at radius 1 is 1.25 bits per heavy atom. The number of aryl methyl sites for hydroxylation is 1. The highest BCUT2D eigenvalue weighted by molar-refractivity contribution is 14.1. The molecule has 82 valence electrons. The van der Waals surface area contributed by atoms with E-state index in [9.17, 15) is 4.79 Å². The van der Waals surface area contributed by atoms with Crippen molar-refractivity contribution in [2.75, 3.05) is 5.32 Å². The first-order valence-corrected chi connectivity index (χ1v) is 5.93. The Kier molecular flexibility index (Phi) is 3.28. The first-order valence-electron chi connectivity index (χ1n) is 4.85. The molecule has 0 atom stereocenters. The van der Waals surface area contributed by atoms with Gasteiger partial charge in [-0.2, -0.15) is 0 Å². The van der Waals surface area contributed by atoms with Crippen molar-refractivity contribution in [1.82, 2.24) is 4.57 Å². The number of benzene rings is 1. The summed E-state index contributed by atoms with van der Waals surface area (Å²) >= 11 is 2.20. The standard InChI is InChI=1S/C12H11IN2O/c1-15-8-4-7-11(15)12(16)14-10-6-3-2-5-9(10)13/h2-8H,1H3,(H,14,16). The second-order valence-corrected chi connectivity index (χ2v) is 4.60. The molecule has 0 aliphatic rings. The first kappa shape index (κ1) is 11.2. The van der Waals surface area contributed by atoms with Crippen LogP contribution in [-0.2, 0) is 7.05 Å². The van der Waals surface area contributed by atoms with E-state index in [1.54, 1.807) is 10.6 Å². The van der Waals surface area contributed by atoms with Gasteiger partial charge in [-0.1, -0.05) is 12.1 Å². The van der Waals surface area contributed by atoms with E-state index in [0.717, 1.165) is 9.26 Å². The molecule has 0 aliphatic heterocycles. The first-order chi connectivity index (χ1) is 7.68. The number of nitrogens with zero attached hydrogens (tertiary/aromatic N) is 1. The van der Waals surface area contributed by atoms with E-state index in [2.05, 4.69) is 27.9 Å². The van der Waals surface area contributed by atoms with Crippen molar-refractivity contribution >= 4 is 34.2 Å². The van der Waals surface area contributed by atoms with Crippen LogP contribution in [0.1, 0.15) is 10.5 Å². The fourth-order valence-corrected chi connectivity index (χ4v) is 1.97. The lowest BCUT2D eigenvalue weighted by atomic mass is 10.3. The third kappa shape index (κ3) is 2.27. The van der Waals surface area contributed by atoms with Gasteiger partial charge in [-0.15, -0.1) is 0 Å². The van der Waals surface area contributed by atoms with Crippen molar-refractivity contribution < 1.29 is 4.79 Å². The quantitative estimate of drug-likeness (QED) is 0.846. The van der Waals surface area contributed by atoms with Gasteiger partial charge in [0.05, 0.1) is 5.69 Å². The molecule has 0 aliphatic carbocycles. The van der Waals surface area contributed by atoms with Crippen LogP contribution >= 0.6 is 22.6 Å². The third-order valence-corrected chi connectivity index (χ3v) is 3.24. The lowest BCUT2D eigenvalue weighted by Gasteiger charge is -2.07. The van der Waals surface area contributed by atoms with E-state index in [4.69, 9.17) is 0 Å². The molecule has 0 fully saturated rings. The molecular weight excluding hydrogens is 315 g/mol. The topological polar surface area (TPSA) is 34.0 Å². The molecule has 0 spiro atoms. The van der Waals surface area contributed by atoms with Crippen LogP contribution in [0.5, 0.6) is 0 Å². The molecule has 2 rings (SSSR count). The molecule has 1 aromatic heterocycles. The maximum absolute atomic E-state index is 11.9. The van der Waals surface area contributed by atoms with Crippen LogP contribution in [0, 0.1) is 3.57 Å². The summed E-state index contributed by atoms with van der Waals surface area (Å²) in [6.07, 6.45) is 1.85. The maximum Gasteiger partial charge on any atom is 0.272 e. The third-order valence-electron chi connectivity index (χ3n) is 2.30. The maximum atomic E-state index is 11.9. The number of rotatable bonds is 2. The van der Waals surface area contributed by atoms with Crippen LogP contribution in [-0.4, -0.2) is 10.5 Å². The molecule has 0 saturated carbocycles. The SMILES string of the molecule is Cn1cccc1C(=O)Nc1ccccc1I. The van der Waals surface area contributed by atoms with Gasteiger partial charge in [-0.3, -0.25) is 4.79 Å². The van der Waals surface area contributed by atoms with Gasteiger partial charge in [-0.25, -0.2) is 0 Å². The van der Waals surface area contributed by atoms with E-state index in [0.29, 0.717) is 5.69 Å². The molecule has 16 heavy (non-hydrogen) atoms. The second-order valence-electron chi connectivity index (χ2n) is 3.44. The second kappa shape index (κ2) is 4.69. The van der Waals surface area contributed by atoms with Crippen LogP contribution in [0.25, 0.3) is 0 Å². The Morgan fingerprint density at radius 3 is 2.62 bits per heavy atom. The Labute approximate surface area is 108 Å². The smallest absolute Gasteiger partial charge is 0.272 e. The molecule has 1 amide bonds. The molecule has 1 aromatic carbocycles. The number of halogens is 1. The van der Waals surface area contributed by atoms with Crippen molar-refractivity contribution in [2.45, 2.75) is 0 Å². The fraction of sp³-hybridized carbons (Fsp3) is 0.0833. The minimum Gasteiger partial charge on any atom is -0.347 e. The molecule has 4 heteroatoms. The molecule has 2 aromatic rings. The molecule has 1 heterocycles. The molecule has 3 nitrogen and oxygen atoms in total. The van der Waals surface area contributed by atoms with Gasteiger partial charge in [0.2, 0.25) is 0 Å². The fourth-order valence-electron chi connectivity index (χ4n) is 1.45. The van der Waals surface area contributed by atoms with Crippen molar-refractivity contribution in [3.05, 3.63) is 51.9 Å². The van der Waals surface area contributed by atoms with E-state index in [-0.39, 0.29) is 5.91 Å². The lowest BCUT2D eigenvalue weighted by molar-refractivity contribution is 0.101. The number of carbonyl (C=O) groups excluding carboxylic acids is 1. The van der Waals surface area contributed by atoms with Gasteiger partial charge in [0.1, 0.15) is 5.69 Å². The molecule has 0 saturated heterocycles. The molecule has 1 N–H and O–H groups in total. The van der Waals surface area contributed by atoms with Crippen LogP contribution in [0.3, 0.4) is 0 Å². The summed E-state index contributed by atoms with van der Waals surface area (Å²) in [6.45, 7) is 0. The largest absolute Gasteiger partial charge is 0.347 e. The Morgan fingerprint density at radius 2 is 2.00 bits per heavy atom. The van der Waals surface area contributed by atoms with Crippen LogP contribution in [0.2, 0.25) is 0 Å². The van der Waals surface area contributed by atoms with E-state index >= 15 is 0 Å². The number of hydrogen-bond acceptors (Lipinski definition) is 1. The summed E-state index contributed by atoms with van der Waals surface area (Å²) in [4.78, 5) is 11.9. The van der Waals surface area contributed by atoms with Gasteiger partial charge < -0.3 is 9.88 Å². The van der Waals surface area contributed by atoms with Gasteiger partial charge in [0.25, 0.3) is 5.91 Å². The van der Waals surface area contributed by atoms with Gasteiger partial charge in [-0.05, 0) is 46.9 Å². The predicted octanol–water partition coefficient (Wildman–Crippen LogP) is 2.88. The summed E-state index contributed by atoms with van der Waals surface area (Å²) < 4.78 is 2.83. The van der Waals surface area contributed by atoms with Gasteiger partial charge in [0, 0.05) is 16.8 Å². The van der Waals surface area contributed by atoms with Crippen LogP contribution in [0.4, 0.5) is 5.69 Å². The summed E-state index contributed by atoms with van der Waals surface area (Å²) in [6, 6.07) is 11.3. The minimum atomic E-state index is -0.0865. The Bertz CT molecular complexity index is 519. The van der Waals surface area contributed by atoms with Crippen molar-refractivity contribution in [1.29, 1.82) is 0 Å². The number of aromatic nitrogens is 1. The molecule has 0 bridgehead atoms. The number of para-hydroxylation sites is 1. The minimum absolute atomic E-state index is 0.0865. The number of amides is 1. The number of nitrogens with one attached hydrogen (secondary N) is 1. The van der Waals surface area contributed by atoms with Crippen molar-refractivity contribution in [3.63, 3.8) is 0 Å². The van der Waals surface area contributed by atoms with Crippen LogP contribution < -0.4 is 5.32 Å². The monoisotopic (exact) mass is 326 g/mol. The average Bonchev–Trinajstić information content (AvgIpc) is 2.68. The lowest BCUT2D eigenvalue weighted by Crippen LogP contribution is -2.15. The van der Waals surface area contributed by atoms with Crippen molar-refractivity contribution in [2.24, 2.45) is 7.05 Å². The highest BCUT2D eigenvalue weighted by atomic mass is 127. The van der Waals surface area contributed by atoms with E-state index in [1.165, 1.54) is 0 Å². The molecule has 0 unspecified atom stereocenters. The zero-order chi connectivity index (χ0) is 11.5. The number of carbonyl (C=O) groups is 1. The zero-order valence-corrected chi connectivity index (χ0v) is 10.9. The zero-order valence-electron chi connectivity index (χ0n) is 8.77. The Hall–Kier alpha value is -1.30. The van der Waals surface area contributed by atoms with Crippen molar-refractivity contribution in [3.8, 4) is 0 Å². The van der Waals surface area contributed by atoms with Crippen LogP contribution in [0.15, 0.2) is 42.6 Å². The molecule has 0 radical (unpaired) electrons. The Balaban J connectivity index is 2.21. The highest BCUT2D eigenvalue weighted by Crippen LogP contribution is 2.17. The van der Waals surface area contributed by atoms with Gasteiger partial charge >= 0.3 is 0 Å².